The third-order valence-electron chi connectivity index (χ3n) is 5.49. The highest BCUT2D eigenvalue weighted by atomic mass is 19.4. The molecule has 164 valence electrons. The Morgan fingerprint density at radius 2 is 2.07 bits per heavy atom. The fraction of sp³-hybridized carbons (Fsp3) is 0.750. The van der Waals surface area contributed by atoms with Gasteiger partial charge in [-0.25, -0.2) is 0 Å². The van der Waals surface area contributed by atoms with E-state index in [9.17, 15) is 13.2 Å². The number of hydrogen-bond acceptors (Lipinski definition) is 4. The average molecular weight is 416 g/mol. The monoisotopic (exact) mass is 415 g/mol. The summed E-state index contributed by atoms with van der Waals surface area (Å²) in [6.45, 7) is 5.24. The number of furan rings is 1. The Hall–Kier alpha value is -1.74. The van der Waals surface area contributed by atoms with E-state index < -0.39 is 12.7 Å². The first-order chi connectivity index (χ1) is 13.9. The van der Waals surface area contributed by atoms with Crippen LogP contribution in [0.15, 0.2) is 27.8 Å². The number of nitrogens with zero attached hydrogens (tertiary/aromatic N) is 3. The maximum absolute atomic E-state index is 12.6. The van der Waals surface area contributed by atoms with Crippen molar-refractivity contribution in [2.75, 3.05) is 45.8 Å². The van der Waals surface area contributed by atoms with Gasteiger partial charge in [0.15, 0.2) is 5.96 Å². The van der Waals surface area contributed by atoms with Gasteiger partial charge in [-0.15, -0.1) is 0 Å². The number of halogens is 3. The summed E-state index contributed by atoms with van der Waals surface area (Å²) in [5, 5.41) is 6.54. The molecule has 1 aromatic heterocycles. The van der Waals surface area contributed by atoms with Crippen LogP contribution in [0.1, 0.15) is 44.4 Å². The summed E-state index contributed by atoms with van der Waals surface area (Å²) in [7, 11) is 0. The zero-order chi connectivity index (χ0) is 20.7. The molecule has 2 atom stereocenters. The summed E-state index contributed by atoms with van der Waals surface area (Å²) in [6, 6.07) is 3.92. The molecule has 0 aliphatic carbocycles. The van der Waals surface area contributed by atoms with Crippen molar-refractivity contribution in [2.45, 2.75) is 50.9 Å². The number of piperidine rings is 1. The minimum atomic E-state index is -4.15. The Morgan fingerprint density at radius 1 is 1.28 bits per heavy atom. The van der Waals surface area contributed by atoms with Crippen molar-refractivity contribution in [3.05, 3.63) is 24.2 Å². The van der Waals surface area contributed by atoms with Crippen molar-refractivity contribution < 1.29 is 17.6 Å². The van der Waals surface area contributed by atoms with Gasteiger partial charge in [0.1, 0.15) is 5.76 Å². The molecule has 2 aliphatic heterocycles. The Balaban J connectivity index is 1.61. The van der Waals surface area contributed by atoms with E-state index in [-0.39, 0.29) is 12.1 Å². The third kappa shape index (κ3) is 6.92. The molecule has 2 fully saturated rings. The summed E-state index contributed by atoms with van der Waals surface area (Å²) < 4.78 is 43.6. The number of nitrogens with one attached hydrogen (secondary N) is 2. The first-order valence-electron chi connectivity index (χ1n) is 10.6. The van der Waals surface area contributed by atoms with Crippen LogP contribution >= 0.6 is 0 Å². The minimum Gasteiger partial charge on any atom is -0.468 e. The highest BCUT2D eigenvalue weighted by Crippen LogP contribution is 2.25. The van der Waals surface area contributed by atoms with E-state index in [0.29, 0.717) is 38.6 Å². The van der Waals surface area contributed by atoms with Crippen molar-refractivity contribution in [3.8, 4) is 0 Å². The lowest BCUT2D eigenvalue weighted by molar-refractivity contribution is -0.143. The van der Waals surface area contributed by atoms with Gasteiger partial charge in [0, 0.05) is 25.7 Å². The molecule has 2 aliphatic rings. The SMILES string of the molecule is CCNC(=NCC(c1ccco1)N1CCCCC1)NC1CCN(CC(F)(F)F)C1. The van der Waals surface area contributed by atoms with Gasteiger partial charge >= 0.3 is 6.18 Å². The molecule has 0 radical (unpaired) electrons. The largest absolute Gasteiger partial charge is 0.468 e. The van der Waals surface area contributed by atoms with Crippen LogP contribution in [0.25, 0.3) is 0 Å². The van der Waals surface area contributed by atoms with Crippen molar-refractivity contribution in [2.24, 2.45) is 4.99 Å². The van der Waals surface area contributed by atoms with E-state index in [2.05, 4.69) is 15.5 Å². The molecular formula is C20H32F3N5O. The predicted molar refractivity (Wildman–Crippen MR) is 107 cm³/mol. The van der Waals surface area contributed by atoms with Crippen LogP contribution in [-0.2, 0) is 0 Å². The molecule has 0 saturated carbocycles. The van der Waals surface area contributed by atoms with Crippen LogP contribution < -0.4 is 10.6 Å². The topological polar surface area (TPSA) is 56.0 Å². The normalized spacial score (nSPS) is 23.3. The second kappa shape index (κ2) is 10.3. The molecule has 1 aromatic rings. The Kier molecular flexibility index (Phi) is 7.83. The second-order valence-electron chi connectivity index (χ2n) is 7.83. The molecule has 6 nitrogen and oxygen atoms in total. The first-order valence-corrected chi connectivity index (χ1v) is 10.6. The zero-order valence-electron chi connectivity index (χ0n) is 17.0. The first kappa shape index (κ1) is 22.0. The maximum atomic E-state index is 12.6. The van der Waals surface area contributed by atoms with Crippen molar-refractivity contribution >= 4 is 5.96 Å². The van der Waals surface area contributed by atoms with E-state index >= 15 is 0 Å². The number of rotatable bonds is 7. The predicted octanol–water partition coefficient (Wildman–Crippen LogP) is 3.00. The number of alkyl halides is 3. The standard InChI is InChI=1S/C20H32F3N5O/c1-2-24-19(26-16-8-11-27(14-16)15-20(21,22)23)25-13-17(18-7-6-12-29-18)28-9-4-3-5-10-28/h6-7,12,16-17H,2-5,8-11,13-15H2,1H3,(H2,24,25,26). The number of hydrogen-bond donors (Lipinski definition) is 2. The fourth-order valence-corrected chi connectivity index (χ4v) is 4.14. The molecule has 2 unspecified atom stereocenters. The average Bonchev–Trinajstić information content (AvgIpc) is 3.34. The molecule has 29 heavy (non-hydrogen) atoms. The maximum Gasteiger partial charge on any atom is 0.401 e. The lowest BCUT2D eigenvalue weighted by Gasteiger charge is -2.32. The van der Waals surface area contributed by atoms with Gasteiger partial charge in [-0.1, -0.05) is 6.42 Å². The van der Waals surface area contributed by atoms with Gasteiger partial charge in [-0.2, -0.15) is 13.2 Å². The van der Waals surface area contributed by atoms with Crippen LogP contribution in [0.5, 0.6) is 0 Å². The molecule has 0 bridgehead atoms. The zero-order valence-corrected chi connectivity index (χ0v) is 17.0. The van der Waals surface area contributed by atoms with E-state index in [4.69, 9.17) is 9.41 Å². The molecular weight excluding hydrogens is 383 g/mol. The summed E-state index contributed by atoms with van der Waals surface area (Å²) in [6.07, 6.45) is 1.82. The van der Waals surface area contributed by atoms with Gasteiger partial charge < -0.3 is 15.1 Å². The van der Waals surface area contributed by atoms with Crippen LogP contribution in [0.2, 0.25) is 0 Å². The Labute approximate surface area is 170 Å². The summed E-state index contributed by atoms with van der Waals surface area (Å²) in [5.41, 5.74) is 0. The molecule has 0 aromatic carbocycles. The van der Waals surface area contributed by atoms with Gasteiger partial charge in [0.25, 0.3) is 0 Å². The summed E-state index contributed by atoms with van der Waals surface area (Å²) in [4.78, 5) is 8.62. The Bertz CT molecular complexity index is 629. The summed E-state index contributed by atoms with van der Waals surface area (Å²) in [5.74, 6) is 1.56. The smallest absolute Gasteiger partial charge is 0.401 e. The molecule has 9 heteroatoms. The molecule has 2 saturated heterocycles. The van der Waals surface area contributed by atoms with E-state index in [1.807, 2.05) is 19.1 Å². The van der Waals surface area contributed by atoms with Crippen LogP contribution in [-0.4, -0.2) is 73.8 Å². The van der Waals surface area contributed by atoms with E-state index in [1.165, 1.54) is 24.2 Å². The fourth-order valence-electron chi connectivity index (χ4n) is 4.14. The van der Waals surface area contributed by atoms with Crippen LogP contribution in [0, 0.1) is 0 Å². The van der Waals surface area contributed by atoms with E-state index in [1.54, 1.807) is 6.26 Å². The number of aliphatic imine (C=N–C) groups is 1. The van der Waals surface area contributed by atoms with Crippen LogP contribution in [0.3, 0.4) is 0 Å². The van der Waals surface area contributed by atoms with E-state index in [0.717, 1.165) is 18.8 Å². The van der Waals surface area contributed by atoms with Crippen molar-refractivity contribution in [1.82, 2.24) is 20.4 Å². The van der Waals surface area contributed by atoms with Gasteiger partial charge in [0.2, 0.25) is 0 Å². The highest BCUT2D eigenvalue weighted by Gasteiger charge is 2.34. The molecule has 2 N–H and O–H groups in total. The molecule has 0 spiro atoms. The van der Waals surface area contributed by atoms with Gasteiger partial charge in [0.05, 0.1) is 25.4 Å². The lowest BCUT2D eigenvalue weighted by atomic mass is 10.1. The van der Waals surface area contributed by atoms with Crippen molar-refractivity contribution in [1.29, 1.82) is 0 Å². The number of likely N-dealkylation sites (tertiary alicyclic amines) is 2. The molecule has 3 heterocycles. The highest BCUT2D eigenvalue weighted by molar-refractivity contribution is 5.80. The number of guanidine groups is 1. The minimum absolute atomic E-state index is 0.0350. The summed E-state index contributed by atoms with van der Waals surface area (Å²) >= 11 is 0. The second-order valence-corrected chi connectivity index (χ2v) is 7.83. The molecule has 3 rings (SSSR count). The molecule has 0 amide bonds. The van der Waals surface area contributed by atoms with Gasteiger partial charge in [-0.3, -0.25) is 14.8 Å². The Morgan fingerprint density at radius 3 is 2.72 bits per heavy atom. The van der Waals surface area contributed by atoms with Gasteiger partial charge in [-0.05, 0) is 51.4 Å². The third-order valence-corrected chi connectivity index (χ3v) is 5.49. The lowest BCUT2D eigenvalue weighted by Crippen LogP contribution is -2.45. The quantitative estimate of drug-likeness (QED) is 0.530. The van der Waals surface area contributed by atoms with Crippen LogP contribution in [0.4, 0.5) is 13.2 Å². The van der Waals surface area contributed by atoms with Crippen molar-refractivity contribution in [3.63, 3.8) is 0 Å².